The van der Waals surface area contributed by atoms with Gasteiger partial charge in [-0.05, 0) is 38.1 Å². The van der Waals surface area contributed by atoms with Crippen molar-refractivity contribution in [1.82, 2.24) is 10.2 Å². The van der Waals surface area contributed by atoms with Crippen LogP contribution >= 0.6 is 0 Å². The molecule has 0 saturated carbocycles. The molecule has 0 aromatic rings. The van der Waals surface area contributed by atoms with E-state index >= 15 is 0 Å². The highest BCUT2D eigenvalue weighted by Gasteiger charge is 2.45. The van der Waals surface area contributed by atoms with Crippen LogP contribution in [0.25, 0.3) is 0 Å². The largest absolute Gasteiger partial charge is 0.366 e. The number of hydrogen-bond donors (Lipinski definition) is 1. The highest BCUT2D eigenvalue weighted by atomic mass is 16.5. The van der Waals surface area contributed by atoms with Crippen molar-refractivity contribution >= 4 is 0 Å². The number of hydrogen-bond acceptors (Lipinski definition) is 4. The molecule has 0 bridgehead atoms. The number of methoxy groups -OCH3 is 2. The minimum atomic E-state index is 0.0931. The van der Waals surface area contributed by atoms with E-state index in [2.05, 4.69) is 34.5 Å². The number of allylic oxidation sites excluding steroid dienone is 3. The van der Waals surface area contributed by atoms with Crippen molar-refractivity contribution < 1.29 is 9.47 Å². The molecule has 4 heteroatoms. The van der Waals surface area contributed by atoms with Gasteiger partial charge >= 0.3 is 0 Å². The maximum absolute atomic E-state index is 5.88. The Morgan fingerprint density at radius 3 is 2.65 bits per heavy atom. The summed E-state index contributed by atoms with van der Waals surface area (Å²) in [7, 11) is 3.64. The minimum absolute atomic E-state index is 0.0931. The molecule has 0 aromatic carbocycles. The number of piperidine rings is 2. The zero-order valence-corrected chi connectivity index (χ0v) is 12.5. The first-order chi connectivity index (χ1) is 9.85. The van der Waals surface area contributed by atoms with E-state index in [9.17, 15) is 0 Å². The Bertz CT molecular complexity index is 377. The van der Waals surface area contributed by atoms with Crippen molar-refractivity contribution in [3.8, 4) is 0 Å². The van der Waals surface area contributed by atoms with Gasteiger partial charge in [-0.25, -0.2) is 4.90 Å². The van der Waals surface area contributed by atoms with Crippen molar-refractivity contribution in [1.29, 1.82) is 0 Å². The van der Waals surface area contributed by atoms with Gasteiger partial charge in [0.15, 0.2) is 0 Å². The van der Waals surface area contributed by atoms with Crippen molar-refractivity contribution in [2.24, 2.45) is 11.8 Å². The van der Waals surface area contributed by atoms with Crippen LogP contribution in [0.2, 0.25) is 0 Å². The van der Waals surface area contributed by atoms with Gasteiger partial charge in [-0.3, -0.25) is 0 Å². The molecule has 0 spiro atoms. The van der Waals surface area contributed by atoms with Crippen LogP contribution in [0.1, 0.15) is 25.7 Å². The highest BCUT2D eigenvalue weighted by Crippen LogP contribution is 2.39. The summed E-state index contributed by atoms with van der Waals surface area (Å²) < 4.78 is 11.7. The number of ether oxygens (including phenoxy) is 2. The molecule has 2 saturated heterocycles. The molecule has 2 aliphatic heterocycles. The Balaban J connectivity index is 1.84. The first kappa shape index (κ1) is 14.3. The summed E-state index contributed by atoms with van der Waals surface area (Å²) in [6.07, 6.45) is 14.3. The predicted octanol–water partition coefficient (Wildman–Crippen LogP) is 2.10. The third-order valence-corrected chi connectivity index (χ3v) is 4.88. The van der Waals surface area contributed by atoms with E-state index < -0.39 is 0 Å². The second kappa shape index (κ2) is 6.39. The van der Waals surface area contributed by atoms with Crippen LogP contribution in [0.4, 0.5) is 0 Å². The first-order valence-corrected chi connectivity index (χ1v) is 7.76. The lowest BCUT2D eigenvalue weighted by molar-refractivity contribution is -0.208. The van der Waals surface area contributed by atoms with Crippen LogP contribution in [0.15, 0.2) is 24.3 Å². The number of nitrogens with zero attached hydrogens (tertiary/aromatic N) is 1. The van der Waals surface area contributed by atoms with Gasteiger partial charge in [0.05, 0.1) is 6.17 Å². The molecule has 3 aliphatic rings. The van der Waals surface area contributed by atoms with Crippen LogP contribution in [-0.2, 0) is 9.47 Å². The number of rotatable bonds is 3. The Kier molecular flexibility index (Phi) is 4.56. The average molecular weight is 278 g/mol. The topological polar surface area (TPSA) is 33.7 Å². The molecule has 5 atom stereocenters. The Morgan fingerprint density at radius 1 is 1.10 bits per heavy atom. The first-order valence-electron chi connectivity index (χ1n) is 7.76. The fourth-order valence-corrected chi connectivity index (χ4v) is 3.89. The van der Waals surface area contributed by atoms with Gasteiger partial charge in [0, 0.05) is 20.1 Å². The van der Waals surface area contributed by atoms with Crippen LogP contribution in [0.3, 0.4) is 0 Å². The van der Waals surface area contributed by atoms with E-state index in [-0.39, 0.29) is 12.5 Å². The van der Waals surface area contributed by atoms with E-state index in [0.717, 1.165) is 13.0 Å². The number of nitrogens with one attached hydrogen (secondary N) is 1. The smallest absolute Gasteiger partial charge is 0.120 e. The second-order valence-corrected chi connectivity index (χ2v) is 5.98. The lowest BCUT2D eigenvalue weighted by Crippen LogP contribution is -2.63. The van der Waals surface area contributed by atoms with Crippen molar-refractivity contribution in [2.45, 2.75) is 44.3 Å². The molecular weight excluding hydrogens is 252 g/mol. The van der Waals surface area contributed by atoms with Gasteiger partial charge in [0.2, 0.25) is 0 Å². The maximum atomic E-state index is 5.88. The summed E-state index contributed by atoms with van der Waals surface area (Å²) >= 11 is 0. The van der Waals surface area contributed by atoms with E-state index in [4.69, 9.17) is 9.47 Å². The lowest BCUT2D eigenvalue weighted by Gasteiger charge is -2.51. The second-order valence-electron chi connectivity index (χ2n) is 5.98. The fourth-order valence-electron chi connectivity index (χ4n) is 3.89. The molecule has 20 heavy (non-hydrogen) atoms. The Hall–Kier alpha value is -0.680. The maximum Gasteiger partial charge on any atom is 0.120 e. The molecule has 3 rings (SSSR count). The molecular formula is C16H26N2O2. The molecule has 2 fully saturated rings. The molecule has 2 heterocycles. The van der Waals surface area contributed by atoms with Gasteiger partial charge in [-0.15, -0.1) is 0 Å². The fraction of sp³-hybridized carbons (Fsp3) is 0.750. The van der Waals surface area contributed by atoms with E-state index in [1.807, 2.05) is 14.2 Å². The van der Waals surface area contributed by atoms with E-state index in [1.54, 1.807) is 0 Å². The molecule has 112 valence electrons. The van der Waals surface area contributed by atoms with Gasteiger partial charge < -0.3 is 14.8 Å². The third kappa shape index (κ3) is 2.58. The zero-order valence-electron chi connectivity index (χ0n) is 12.5. The molecule has 0 amide bonds. The van der Waals surface area contributed by atoms with E-state index in [1.165, 1.54) is 19.3 Å². The normalized spacial score (nSPS) is 41.6. The molecule has 1 aliphatic carbocycles. The summed E-state index contributed by atoms with van der Waals surface area (Å²) in [5.41, 5.74) is 0. The summed E-state index contributed by atoms with van der Waals surface area (Å²) in [4.78, 5) is 2.42. The number of likely N-dealkylation sites (tertiary alicyclic amines) is 1. The summed E-state index contributed by atoms with van der Waals surface area (Å²) in [6.45, 7) is 1.10. The summed E-state index contributed by atoms with van der Waals surface area (Å²) in [5, 5.41) is 3.64. The molecule has 5 unspecified atom stereocenters. The van der Waals surface area contributed by atoms with Gasteiger partial charge in [-0.2, -0.15) is 0 Å². The molecule has 0 aromatic heterocycles. The lowest BCUT2D eigenvalue weighted by atomic mass is 9.80. The summed E-state index contributed by atoms with van der Waals surface area (Å²) in [5.74, 6) is 0.954. The average Bonchev–Trinajstić information content (AvgIpc) is 2.53. The van der Waals surface area contributed by atoms with Crippen LogP contribution in [0.5, 0.6) is 0 Å². The van der Waals surface area contributed by atoms with Gasteiger partial charge in [0.1, 0.15) is 12.5 Å². The Morgan fingerprint density at radius 2 is 1.95 bits per heavy atom. The molecule has 4 nitrogen and oxygen atoms in total. The zero-order chi connectivity index (χ0) is 13.9. The van der Waals surface area contributed by atoms with Gasteiger partial charge in [-0.1, -0.05) is 24.3 Å². The van der Waals surface area contributed by atoms with Crippen LogP contribution < -0.4 is 5.32 Å². The standard InChI is InChI=1S/C16H26N2O2/c1-19-15-11-12-7-3-4-8-13(12)16(20-2)18(15)14-9-5-6-10-17-14/h3-4,7-8,12-17H,5-6,9-11H2,1-2H3. The SMILES string of the molecule is COC1CC2C=CC=CC2C(OC)N1C1CCCCN1. The monoisotopic (exact) mass is 278 g/mol. The predicted molar refractivity (Wildman–Crippen MR) is 79.0 cm³/mol. The highest BCUT2D eigenvalue weighted by molar-refractivity contribution is 5.17. The van der Waals surface area contributed by atoms with Gasteiger partial charge in [0.25, 0.3) is 0 Å². The van der Waals surface area contributed by atoms with Crippen LogP contribution in [-0.4, -0.2) is 44.3 Å². The van der Waals surface area contributed by atoms with Crippen molar-refractivity contribution in [3.63, 3.8) is 0 Å². The molecule has 0 radical (unpaired) electrons. The quantitative estimate of drug-likeness (QED) is 0.857. The Labute approximate surface area is 121 Å². The van der Waals surface area contributed by atoms with Crippen LogP contribution in [0, 0.1) is 11.8 Å². The van der Waals surface area contributed by atoms with E-state index in [0.29, 0.717) is 18.0 Å². The van der Waals surface area contributed by atoms with Crippen molar-refractivity contribution in [2.75, 3.05) is 20.8 Å². The van der Waals surface area contributed by atoms with Crippen molar-refractivity contribution in [3.05, 3.63) is 24.3 Å². The molecule has 1 N–H and O–H groups in total. The number of fused-ring (bicyclic) bond motifs is 1. The minimum Gasteiger partial charge on any atom is -0.366 e. The third-order valence-electron chi connectivity index (χ3n) is 4.88. The summed E-state index contributed by atoms with van der Waals surface area (Å²) in [6, 6.07) is 0.